The highest BCUT2D eigenvalue weighted by Gasteiger charge is 2.19. The highest BCUT2D eigenvalue weighted by atomic mass is 79.9. The second-order valence-corrected chi connectivity index (χ2v) is 6.51. The molecule has 2 rings (SSSR count). The predicted molar refractivity (Wildman–Crippen MR) is 78.3 cm³/mol. The molecule has 0 unspecified atom stereocenters. The number of hydrogen-bond acceptors (Lipinski definition) is 2. The molecule has 1 aromatic carbocycles. The van der Waals surface area contributed by atoms with Crippen LogP contribution in [0.3, 0.4) is 0 Å². The Balaban J connectivity index is 2.05. The van der Waals surface area contributed by atoms with Crippen LogP contribution >= 0.6 is 27.3 Å². The van der Waals surface area contributed by atoms with E-state index in [0.29, 0.717) is 0 Å². The summed E-state index contributed by atoms with van der Waals surface area (Å²) >= 11 is 5.26. The van der Waals surface area contributed by atoms with Crippen LogP contribution in [0.2, 0.25) is 0 Å². The first-order valence-electron chi connectivity index (χ1n) is 5.61. The highest BCUT2D eigenvalue weighted by Crippen LogP contribution is 2.23. The number of thiophene rings is 1. The minimum atomic E-state index is -0.00924. The molecule has 0 radical (unpaired) electrons. The largest absolute Gasteiger partial charge is 0.303 e. The molecule has 17 heavy (non-hydrogen) atoms. The lowest BCUT2D eigenvalue weighted by molar-refractivity contribution is 0.403. The molecule has 1 nitrogen and oxygen atoms in total. The number of nitrogens with one attached hydrogen (secondary N) is 1. The minimum Gasteiger partial charge on any atom is -0.303 e. The van der Waals surface area contributed by atoms with E-state index in [4.69, 9.17) is 0 Å². The van der Waals surface area contributed by atoms with Gasteiger partial charge in [-0.15, -0.1) is 11.3 Å². The summed E-state index contributed by atoms with van der Waals surface area (Å²) in [4.78, 5) is 1.37. The lowest BCUT2D eigenvalue weighted by Crippen LogP contribution is -2.35. The topological polar surface area (TPSA) is 12.0 Å². The Hall–Kier alpha value is -0.640. The fourth-order valence-electron chi connectivity index (χ4n) is 1.69. The summed E-state index contributed by atoms with van der Waals surface area (Å²) < 4.78 is 1.12. The van der Waals surface area contributed by atoms with Gasteiger partial charge in [-0.1, -0.05) is 34.1 Å². The van der Waals surface area contributed by atoms with Gasteiger partial charge in [0.05, 0.1) is 0 Å². The van der Waals surface area contributed by atoms with E-state index in [-0.39, 0.29) is 5.54 Å². The quantitative estimate of drug-likeness (QED) is 0.874. The molecular formula is C14H16BrNS. The van der Waals surface area contributed by atoms with Crippen LogP contribution < -0.4 is 5.32 Å². The van der Waals surface area contributed by atoms with Gasteiger partial charge in [-0.25, -0.2) is 0 Å². The Kier molecular flexibility index (Phi) is 4.02. The summed E-state index contributed by atoms with van der Waals surface area (Å²) in [6.45, 7) is 5.34. The van der Waals surface area contributed by atoms with Crippen LogP contribution in [0, 0.1) is 0 Å². The molecule has 0 saturated heterocycles. The van der Waals surface area contributed by atoms with E-state index in [1.165, 1.54) is 10.4 Å². The van der Waals surface area contributed by atoms with E-state index in [0.717, 1.165) is 11.0 Å². The Bertz CT molecular complexity index is 459. The maximum absolute atomic E-state index is 3.59. The summed E-state index contributed by atoms with van der Waals surface area (Å²) in [5.74, 6) is 0. The van der Waals surface area contributed by atoms with Crippen LogP contribution in [0.4, 0.5) is 0 Å². The van der Waals surface area contributed by atoms with E-state index >= 15 is 0 Å². The zero-order valence-corrected chi connectivity index (χ0v) is 12.4. The average Bonchev–Trinajstić information content (AvgIpc) is 2.80. The van der Waals surface area contributed by atoms with Crippen LogP contribution in [-0.4, -0.2) is 0 Å². The lowest BCUT2D eigenvalue weighted by Gasteiger charge is -2.27. The van der Waals surface area contributed by atoms with Gasteiger partial charge in [-0.2, -0.15) is 0 Å². The zero-order valence-electron chi connectivity index (χ0n) is 10.0. The maximum atomic E-state index is 3.59. The van der Waals surface area contributed by atoms with Gasteiger partial charge in [0.2, 0.25) is 0 Å². The van der Waals surface area contributed by atoms with Crippen molar-refractivity contribution in [1.82, 2.24) is 5.32 Å². The standard InChI is InChI=1S/C14H16BrNS/c1-14(2,11-5-7-12(15)8-6-11)16-10-13-4-3-9-17-13/h3-9,16H,10H2,1-2H3. The van der Waals surface area contributed by atoms with E-state index < -0.39 is 0 Å². The molecular weight excluding hydrogens is 294 g/mol. The number of halogens is 1. The molecule has 0 aliphatic carbocycles. The maximum Gasteiger partial charge on any atom is 0.0380 e. The molecule has 3 heteroatoms. The molecule has 2 aromatic rings. The van der Waals surface area contributed by atoms with Crippen molar-refractivity contribution in [1.29, 1.82) is 0 Å². The molecule has 0 aliphatic heterocycles. The normalized spacial score (nSPS) is 11.7. The van der Waals surface area contributed by atoms with Crippen molar-refractivity contribution < 1.29 is 0 Å². The first kappa shape index (κ1) is 12.8. The van der Waals surface area contributed by atoms with Gasteiger partial charge in [-0.05, 0) is 43.0 Å². The summed E-state index contributed by atoms with van der Waals surface area (Å²) in [5, 5.41) is 5.71. The minimum absolute atomic E-state index is 0.00924. The average molecular weight is 310 g/mol. The number of hydrogen-bond donors (Lipinski definition) is 1. The van der Waals surface area contributed by atoms with Crippen molar-refractivity contribution in [3.8, 4) is 0 Å². The molecule has 1 N–H and O–H groups in total. The van der Waals surface area contributed by atoms with Crippen LogP contribution in [-0.2, 0) is 12.1 Å². The van der Waals surface area contributed by atoms with E-state index in [1.807, 2.05) is 0 Å². The van der Waals surface area contributed by atoms with Gasteiger partial charge in [0.25, 0.3) is 0 Å². The van der Waals surface area contributed by atoms with E-state index in [2.05, 4.69) is 76.9 Å². The van der Waals surface area contributed by atoms with Crippen LogP contribution in [0.15, 0.2) is 46.3 Å². The number of benzene rings is 1. The highest BCUT2D eigenvalue weighted by molar-refractivity contribution is 9.10. The lowest BCUT2D eigenvalue weighted by atomic mass is 9.94. The summed E-state index contributed by atoms with van der Waals surface area (Å²) in [5.41, 5.74) is 1.29. The third-order valence-electron chi connectivity index (χ3n) is 2.85. The monoisotopic (exact) mass is 309 g/mol. The molecule has 0 amide bonds. The van der Waals surface area contributed by atoms with Crippen molar-refractivity contribution >= 4 is 27.3 Å². The second-order valence-electron chi connectivity index (χ2n) is 4.56. The molecule has 0 bridgehead atoms. The molecule has 1 aromatic heterocycles. The molecule has 0 spiro atoms. The predicted octanol–water partition coefficient (Wildman–Crippen LogP) is 4.54. The summed E-state index contributed by atoms with van der Waals surface area (Å²) in [7, 11) is 0. The van der Waals surface area contributed by atoms with Gasteiger partial charge >= 0.3 is 0 Å². The van der Waals surface area contributed by atoms with E-state index in [9.17, 15) is 0 Å². The van der Waals surface area contributed by atoms with Crippen LogP contribution in [0.25, 0.3) is 0 Å². The smallest absolute Gasteiger partial charge is 0.0380 e. The fourth-order valence-corrected chi connectivity index (χ4v) is 2.60. The first-order chi connectivity index (χ1) is 8.08. The Labute approximate surface area is 115 Å². The third kappa shape index (κ3) is 3.41. The van der Waals surface area contributed by atoms with Gasteiger partial charge in [0.15, 0.2) is 0 Å². The number of rotatable bonds is 4. The SMILES string of the molecule is CC(C)(NCc1cccs1)c1ccc(Br)cc1. The Morgan fingerprint density at radius 1 is 1.18 bits per heavy atom. The first-order valence-corrected chi connectivity index (χ1v) is 7.29. The Morgan fingerprint density at radius 3 is 2.47 bits per heavy atom. The molecule has 0 fully saturated rings. The van der Waals surface area contributed by atoms with Crippen molar-refractivity contribution in [2.75, 3.05) is 0 Å². The van der Waals surface area contributed by atoms with Gasteiger partial charge in [-0.3, -0.25) is 0 Å². The molecule has 90 valence electrons. The second kappa shape index (κ2) is 5.34. The summed E-state index contributed by atoms with van der Waals surface area (Å²) in [6, 6.07) is 12.7. The van der Waals surface area contributed by atoms with Crippen LogP contribution in [0.1, 0.15) is 24.3 Å². The third-order valence-corrected chi connectivity index (χ3v) is 4.26. The molecule has 0 aliphatic rings. The Morgan fingerprint density at radius 2 is 1.88 bits per heavy atom. The van der Waals surface area contributed by atoms with E-state index in [1.54, 1.807) is 11.3 Å². The van der Waals surface area contributed by atoms with Gasteiger partial charge < -0.3 is 5.32 Å². The zero-order chi connectivity index (χ0) is 12.3. The molecule has 1 heterocycles. The van der Waals surface area contributed by atoms with Crippen LogP contribution in [0.5, 0.6) is 0 Å². The van der Waals surface area contributed by atoms with Gasteiger partial charge in [0, 0.05) is 21.4 Å². The van der Waals surface area contributed by atoms with Crippen molar-refractivity contribution in [3.05, 3.63) is 56.7 Å². The van der Waals surface area contributed by atoms with Gasteiger partial charge in [0.1, 0.15) is 0 Å². The fraction of sp³-hybridized carbons (Fsp3) is 0.286. The molecule has 0 saturated carbocycles. The van der Waals surface area contributed by atoms with Crippen molar-refractivity contribution in [2.45, 2.75) is 25.9 Å². The molecule has 0 atom stereocenters. The summed E-state index contributed by atoms with van der Waals surface area (Å²) in [6.07, 6.45) is 0. The van der Waals surface area contributed by atoms with Crippen molar-refractivity contribution in [3.63, 3.8) is 0 Å². The van der Waals surface area contributed by atoms with Crippen molar-refractivity contribution in [2.24, 2.45) is 0 Å².